The van der Waals surface area contributed by atoms with E-state index in [2.05, 4.69) is 20.7 Å². The van der Waals surface area contributed by atoms with E-state index in [1.54, 1.807) is 0 Å². The van der Waals surface area contributed by atoms with Gasteiger partial charge in [-0.15, -0.1) is 13.2 Å². The molecule has 0 radical (unpaired) electrons. The average Bonchev–Trinajstić information content (AvgIpc) is 2.19. The molecule has 17 heavy (non-hydrogen) atoms. The third-order valence-electron chi connectivity index (χ3n) is 1.81. The molecule has 2 nitrogen and oxygen atoms in total. The first kappa shape index (κ1) is 14.0. The molecule has 0 N–H and O–H groups in total. The first-order chi connectivity index (χ1) is 7.85. The Bertz CT molecular complexity index is 417. The van der Waals surface area contributed by atoms with Crippen LogP contribution in [0.25, 0.3) is 0 Å². The lowest BCUT2D eigenvalue weighted by Gasteiger charge is -2.11. The van der Waals surface area contributed by atoms with Crippen molar-refractivity contribution in [2.45, 2.75) is 12.8 Å². The number of carbonyl (C=O) groups excluding carboxylic acids is 1. The zero-order chi connectivity index (χ0) is 13.1. The van der Waals surface area contributed by atoms with Gasteiger partial charge in [0.1, 0.15) is 0 Å². The number of benzene rings is 1. The van der Waals surface area contributed by atoms with Crippen molar-refractivity contribution in [3.63, 3.8) is 0 Å². The summed E-state index contributed by atoms with van der Waals surface area (Å²) in [5.41, 5.74) is -0.411. The van der Waals surface area contributed by atoms with Gasteiger partial charge in [-0.1, -0.05) is 22.0 Å². The highest BCUT2D eigenvalue weighted by atomic mass is 79.9. The van der Waals surface area contributed by atoms with Crippen LogP contribution in [0.3, 0.4) is 0 Å². The van der Waals surface area contributed by atoms with Crippen LogP contribution in [0.1, 0.15) is 16.8 Å². The van der Waals surface area contributed by atoms with Crippen molar-refractivity contribution >= 4 is 21.7 Å². The Balaban J connectivity index is 3.03. The smallest absolute Gasteiger partial charge is 0.403 e. The largest absolute Gasteiger partial charge is 0.573 e. The molecular weight excluding hydrogens is 308 g/mol. The van der Waals surface area contributed by atoms with E-state index in [9.17, 15) is 22.4 Å². The van der Waals surface area contributed by atoms with Crippen LogP contribution < -0.4 is 4.74 Å². The maximum absolute atomic E-state index is 13.5. The SMILES string of the molecule is O=C(CCBr)c1cccc(OC(F)(F)F)c1F. The Labute approximate surface area is 103 Å². The van der Waals surface area contributed by atoms with Gasteiger partial charge in [0, 0.05) is 11.8 Å². The fourth-order valence-electron chi connectivity index (χ4n) is 1.15. The monoisotopic (exact) mass is 314 g/mol. The van der Waals surface area contributed by atoms with Gasteiger partial charge in [-0.25, -0.2) is 4.39 Å². The highest BCUT2D eigenvalue weighted by molar-refractivity contribution is 9.09. The summed E-state index contributed by atoms with van der Waals surface area (Å²) in [5, 5.41) is 0.301. The third kappa shape index (κ3) is 3.99. The molecule has 0 atom stereocenters. The number of ketones is 1. The van der Waals surface area contributed by atoms with Gasteiger partial charge in [0.2, 0.25) is 0 Å². The molecule has 94 valence electrons. The molecule has 0 fully saturated rings. The standard InChI is InChI=1S/C10H7BrF4O2/c11-5-4-7(16)6-2-1-3-8(9(6)12)17-10(13,14)15/h1-3H,4-5H2. The molecule has 0 bridgehead atoms. The number of halogens is 5. The van der Waals surface area contributed by atoms with Crippen molar-refractivity contribution in [2.24, 2.45) is 0 Å². The maximum atomic E-state index is 13.5. The van der Waals surface area contributed by atoms with Gasteiger partial charge in [0.25, 0.3) is 0 Å². The van der Waals surface area contributed by atoms with Gasteiger partial charge < -0.3 is 4.74 Å². The zero-order valence-electron chi connectivity index (χ0n) is 8.35. The van der Waals surface area contributed by atoms with Gasteiger partial charge in [-0.2, -0.15) is 0 Å². The number of hydrogen-bond donors (Lipinski definition) is 0. The summed E-state index contributed by atoms with van der Waals surface area (Å²) in [7, 11) is 0. The Morgan fingerprint density at radius 3 is 2.53 bits per heavy atom. The summed E-state index contributed by atoms with van der Waals surface area (Å²) in [5.74, 6) is -2.89. The van der Waals surface area contributed by atoms with Crippen LogP contribution in [0.2, 0.25) is 0 Å². The molecule has 1 rings (SSSR count). The molecule has 0 aliphatic heterocycles. The molecule has 0 saturated heterocycles. The maximum Gasteiger partial charge on any atom is 0.573 e. The van der Waals surface area contributed by atoms with Crippen molar-refractivity contribution < 1.29 is 27.1 Å². The normalized spacial score (nSPS) is 11.4. The molecule has 0 heterocycles. The molecule has 0 spiro atoms. The van der Waals surface area contributed by atoms with E-state index in [1.807, 2.05) is 0 Å². The minimum absolute atomic E-state index is 0.00755. The minimum atomic E-state index is -4.99. The van der Waals surface area contributed by atoms with E-state index < -0.39 is 29.3 Å². The topological polar surface area (TPSA) is 26.3 Å². The molecule has 0 unspecified atom stereocenters. The second kappa shape index (κ2) is 5.48. The lowest BCUT2D eigenvalue weighted by atomic mass is 10.1. The predicted molar refractivity (Wildman–Crippen MR) is 55.8 cm³/mol. The van der Waals surface area contributed by atoms with Gasteiger partial charge in [-0.3, -0.25) is 4.79 Å². The van der Waals surface area contributed by atoms with E-state index >= 15 is 0 Å². The molecular formula is C10H7BrF4O2. The van der Waals surface area contributed by atoms with E-state index in [0.717, 1.165) is 18.2 Å². The van der Waals surface area contributed by atoms with Crippen LogP contribution in [-0.4, -0.2) is 17.5 Å². The molecule has 1 aromatic rings. The highest BCUT2D eigenvalue weighted by Gasteiger charge is 2.33. The molecule has 0 amide bonds. The van der Waals surface area contributed by atoms with Crippen LogP contribution in [-0.2, 0) is 0 Å². The van der Waals surface area contributed by atoms with E-state index in [-0.39, 0.29) is 6.42 Å². The predicted octanol–water partition coefficient (Wildman–Crippen LogP) is 3.69. The highest BCUT2D eigenvalue weighted by Crippen LogP contribution is 2.27. The third-order valence-corrected chi connectivity index (χ3v) is 2.21. The number of Topliss-reactive ketones (excluding diaryl/α,β-unsaturated/α-hetero) is 1. The van der Waals surface area contributed by atoms with Crippen molar-refractivity contribution in [3.05, 3.63) is 29.6 Å². The van der Waals surface area contributed by atoms with Crippen LogP contribution >= 0.6 is 15.9 Å². The summed E-state index contributed by atoms with van der Waals surface area (Å²) in [6, 6.07) is 3.06. The first-order valence-corrected chi connectivity index (χ1v) is 5.60. The zero-order valence-corrected chi connectivity index (χ0v) is 9.94. The Kier molecular flexibility index (Phi) is 4.50. The summed E-state index contributed by atoms with van der Waals surface area (Å²) >= 11 is 2.98. The van der Waals surface area contributed by atoms with E-state index in [4.69, 9.17) is 0 Å². The number of carbonyl (C=O) groups is 1. The average molecular weight is 315 g/mol. The molecule has 0 aliphatic carbocycles. The molecule has 7 heteroatoms. The van der Waals surface area contributed by atoms with Crippen LogP contribution in [0.5, 0.6) is 5.75 Å². The van der Waals surface area contributed by atoms with E-state index in [1.165, 1.54) is 0 Å². The fourth-order valence-corrected chi connectivity index (χ4v) is 1.51. The van der Waals surface area contributed by atoms with Gasteiger partial charge >= 0.3 is 6.36 Å². The molecule has 1 aromatic carbocycles. The van der Waals surface area contributed by atoms with Crippen molar-refractivity contribution in [3.8, 4) is 5.75 Å². The lowest BCUT2D eigenvalue weighted by Crippen LogP contribution is -2.18. The van der Waals surface area contributed by atoms with Gasteiger partial charge in [-0.05, 0) is 12.1 Å². The molecule has 0 aromatic heterocycles. The van der Waals surface area contributed by atoms with Crippen molar-refractivity contribution in [1.29, 1.82) is 0 Å². The van der Waals surface area contributed by atoms with Crippen LogP contribution in [0, 0.1) is 5.82 Å². The Morgan fingerprint density at radius 1 is 1.35 bits per heavy atom. The lowest BCUT2D eigenvalue weighted by molar-refractivity contribution is -0.275. The Hall–Kier alpha value is -1.11. The quantitative estimate of drug-likeness (QED) is 0.481. The summed E-state index contributed by atoms with van der Waals surface area (Å²) in [6.45, 7) is 0. The number of rotatable bonds is 4. The van der Waals surface area contributed by atoms with E-state index in [0.29, 0.717) is 5.33 Å². The molecule has 0 aliphatic rings. The summed E-state index contributed by atoms with van der Waals surface area (Å²) < 4.78 is 52.7. The minimum Gasteiger partial charge on any atom is -0.403 e. The summed E-state index contributed by atoms with van der Waals surface area (Å²) in [4.78, 5) is 11.4. The van der Waals surface area contributed by atoms with Crippen molar-refractivity contribution in [1.82, 2.24) is 0 Å². The first-order valence-electron chi connectivity index (χ1n) is 4.48. The second-order valence-corrected chi connectivity index (χ2v) is 3.82. The second-order valence-electron chi connectivity index (χ2n) is 3.03. The Morgan fingerprint density at radius 2 is 2.00 bits per heavy atom. The van der Waals surface area contributed by atoms with Gasteiger partial charge in [0.05, 0.1) is 5.56 Å². The van der Waals surface area contributed by atoms with Crippen molar-refractivity contribution in [2.75, 3.05) is 5.33 Å². The van der Waals surface area contributed by atoms with Crippen LogP contribution in [0.15, 0.2) is 18.2 Å². The molecule has 0 saturated carbocycles. The fraction of sp³-hybridized carbons (Fsp3) is 0.300. The number of hydrogen-bond acceptors (Lipinski definition) is 2. The van der Waals surface area contributed by atoms with Crippen LogP contribution in [0.4, 0.5) is 17.6 Å². The summed E-state index contributed by atoms with van der Waals surface area (Å²) in [6.07, 6.45) is -5.00. The number of ether oxygens (including phenoxy) is 1. The number of alkyl halides is 4. The van der Waals surface area contributed by atoms with Gasteiger partial charge in [0.15, 0.2) is 17.3 Å².